The van der Waals surface area contributed by atoms with E-state index in [0.717, 1.165) is 48.6 Å². The highest BCUT2D eigenvalue weighted by Gasteiger charge is 2.38. The van der Waals surface area contributed by atoms with Crippen LogP contribution in [0.25, 0.3) is 11.1 Å². The molecular formula is C31H38F3N3O3S. The molecule has 3 aromatic rings. The molecule has 0 saturated carbocycles. The Balaban J connectivity index is 0.000000587. The van der Waals surface area contributed by atoms with Crippen LogP contribution in [0.3, 0.4) is 0 Å². The van der Waals surface area contributed by atoms with Gasteiger partial charge in [0.25, 0.3) is 5.91 Å². The van der Waals surface area contributed by atoms with Gasteiger partial charge in [0.05, 0.1) is 4.88 Å². The van der Waals surface area contributed by atoms with E-state index in [9.17, 15) is 18.0 Å². The molecule has 1 atom stereocenters. The maximum absolute atomic E-state index is 12.8. The molecule has 2 N–H and O–H groups in total. The molecule has 0 bridgehead atoms. The zero-order valence-electron chi connectivity index (χ0n) is 24.1. The van der Waals surface area contributed by atoms with Gasteiger partial charge in [0.2, 0.25) is 0 Å². The molecule has 1 amide bonds. The Hall–Kier alpha value is -3.37. The van der Waals surface area contributed by atoms with Crippen molar-refractivity contribution in [2.24, 2.45) is 5.92 Å². The zero-order valence-corrected chi connectivity index (χ0v) is 24.9. The Morgan fingerprint density at radius 1 is 1.02 bits per heavy atom. The molecule has 1 aromatic heterocycles. The number of alkyl halides is 3. The second-order valence-corrected chi connectivity index (χ2v) is 12.4. The summed E-state index contributed by atoms with van der Waals surface area (Å²) in [6.45, 7) is 10.6. The van der Waals surface area contributed by atoms with Crippen LogP contribution in [-0.4, -0.2) is 61.8 Å². The van der Waals surface area contributed by atoms with Crippen LogP contribution in [0.5, 0.6) is 0 Å². The molecule has 6 nitrogen and oxygen atoms in total. The summed E-state index contributed by atoms with van der Waals surface area (Å²) in [5.41, 5.74) is 6.34. The van der Waals surface area contributed by atoms with Crippen LogP contribution in [0.15, 0.2) is 60.0 Å². The molecule has 2 heterocycles. The van der Waals surface area contributed by atoms with Gasteiger partial charge in [-0.3, -0.25) is 9.69 Å². The number of nitrogens with one attached hydrogen (secondary N) is 1. The highest BCUT2D eigenvalue weighted by atomic mass is 32.1. The van der Waals surface area contributed by atoms with E-state index in [1.54, 1.807) is 0 Å². The lowest BCUT2D eigenvalue weighted by Crippen LogP contribution is -2.30. The van der Waals surface area contributed by atoms with Crippen molar-refractivity contribution in [3.63, 3.8) is 0 Å². The first-order chi connectivity index (χ1) is 19.1. The second kappa shape index (κ2) is 13.5. The number of hydrogen-bond donors (Lipinski definition) is 2. The first-order valence-electron chi connectivity index (χ1n) is 13.4. The Kier molecular flexibility index (Phi) is 10.6. The minimum absolute atomic E-state index is 0.0392. The van der Waals surface area contributed by atoms with Gasteiger partial charge in [0.1, 0.15) is 0 Å². The molecule has 1 saturated heterocycles. The maximum atomic E-state index is 12.8. The van der Waals surface area contributed by atoms with Gasteiger partial charge in [0.15, 0.2) is 0 Å². The molecule has 1 aliphatic rings. The number of aliphatic carboxylic acids is 1. The van der Waals surface area contributed by atoms with E-state index < -0.39 is 12.1 Å². The summed E-state index contributed by atoms with van der Waals surface area (Å²) in [7, 11) is 4.08. The average Bonchev–Trinajstić information content (AvgIpc) is 3.57. The molecule has 41 heavy (non-hydrogen) atoms. The van der Waals surface area contributed by atoms with Crippen LogP contribution < -0.4 is 10.2 Å². The normalized spacial score (nSPS) is 15.7. The van der Waals surface area contributed by atoms with Crippen molar-refractivity contribution < 1.29 is 27.9 Å². The van der Waals surface area contributed by atoms with Crippen molar-refractivity contribution in [3.05, 3.63) is 76.0 Å². The maximum Gasteiger partial charge on any atom is 0.490 e. The number of halogens is 3. The number of carboxylic acid groups (broad SMARTS) is 1. The number of benzene rings is 2. The fraction of sp³-hybridized carbons (Fsp3) is 0.419. The van der Waals surface area contributed by atoms with Gasteiger partial charge in [-0.05, 0) is 70.1 Å². The summed E-state index contributed by atoms with van der Waals surface area (Å²) in [5, 5.41) is 12.4. The fourth-order valence-electron chi connectivity index (χ4n) is 4.47. The minimum Gasteiger partial charge on any atom is -0.475 e. The summed E-state index contributed by atoms with van der Waals surface area (Å²) in [4.78, 5) is 27.0. The van der Waals surface area contributed by atoms with Crippen molar-refractivity contribution in [1.29, 1.82) is 0 Å². The molecule has 0 radical (unpaired) electrons. The molecule has 10 heteroatoms. The van der Waals surface area contributed by atoms with Crippen LogP contribution in [0.2, 0.25) is 0 Å². The number of hydrogen-bond acceptors (Lipinski definition) is 5. The molecule has 2 aromatic carbocycles. The lowest BCUT2D eigenvalue weighted by Gasteiger charge is -2.20. The first-order valence-corrected chi connectivity index (χ1v) is 14.3. The van der Waals surface area contributed by atoms with Gasteiger partial charge in [-0.2, -0.15) is 13.2 Å². The number of thiophene rings is 1. The van der Waals surface area contributed by atoms with Crippen LogP contribution in [0, 0.1) is 5.92 Å². The molecule has 0 spiro atoms. The summed E-state index contributed by atoms with van der Waals surface area (Å²) in [5.74, 6) is -2.21. The number of anilines is 1. The van der Waals surface area contributed by atoms with Crippen molar-refractivity contribution >= 4 is 28.9 Å². The summed E-state index contributed by atoms with van der Waals surface area (Å²) >= 11 is 1.52. The van der Waals surface area contributed by atoms with E-state index in [1.165, 1.54) is 28.2 Å². The number of carbonyl (C=O) groups is 2. The van der Waals surface area contributed by atoms with E-state index in [4.69, 9.17) is 9.90 Å². The molecular weight excluding hydrogens is 551 g/mol. The average molecular weight is 590 g/mol. The van der Waals surface area contributed by atoms with Gasteiger partial charge in [-0.25, -0.2) is 4.79 Å². The first kappa shape index (κ1) is 32.1. The van der Waals surface area contributed by atoms with Crippen LogP contribution in [0.4, 0.5) is 18.9 Å². The third kappa shape index (κ3) is 9.60. The SMILES string of the molecule is CN(C)c1ccc(-c2csc(C(=O)NCC3CCN(Cc4ccc(C(C)(C)C)cc4)C3)c2)cc1.O=C(O)C(F)(F)F. The van der Waals surface area contributed by atoms with Gasteiger partial charge in [-0.1, -0.05) is 57.2 Å². The Labute approximate surface area is 243 Å². The predicted octanol–water partition coefficient (Wildman–Crippen LogP) is 6.66. The monoisotopic (exact) mass is 589 g/mol. The number of carbonyl (C=O) groups excluding carboxylic acids is 1. The van der Waals surface area contributed by atoms with Crippen molar-refractivity contribution in [1.82, 2.24) is 10.2 Å². The molecule has 0 aliphatic carbocycles. The van der Waals surface area contributed by atoms with E-state index in [2.05, 4.69) is 89.8 Å². The van der Waals surface area contributed by atoms with E-state index in [-0.39, 0.29) is 11.3 Å². The summed E-state index contributed by atoms with van der Waals surface area (Å²) in [6, 6.07) is 19.5. The molecule has 1 aliphatic heterocycles. The highest BCUT2D eigenvalue weighted by Crippen LogP contribution is 2.28. The topological polar surface area (TPSA) is 72.9 Å². The minimum atomic E-state index is -5.08. The van der Waals surface area contributed by atoms with Gasteiger partial charge in [0, 0.05) is 39.4 Å². The summed E-state index contributed by atoms with van der Waals surface area (Å²) < 4.78 is 31.7. The number of carboxylic acids is 1. The van der Waals surface area contributed by atoms with E-state index in [1.807, 2.05) is 20.2 Å². The van der Waals surface area contributed by atoms with E-state index >= 15 is 0 Å². The molecule has 1 unspecified atom stereocenters. The molecule has 222 valence electrons. The lowest BCUT2D eigenvalue weighted by atomic mass is 9.87. The van der Waals surface area contributed by atoms with Crippen LogP contribution >= 0.6 is 11.3 Å². The van der Waals surface area contributed by atoms with Crippen molar-refractivity contribution in [2.75, 3.05) is 38.6 Å². The van der Waals surface area contributed by atoms with Crippen molar-refractivity contribution in [2.45, 2.75) is 45.3 Å². The molecule has 4 rings (SSSR count). The van der Waals surface area contributed by atoms with Gasteiger partial charge < -0.3 is 15.3 Å². The second-order valence-electron chi connectivity index (χ2n) is 11.5. The summed E-state index contributed by atoms with van der Waals surface area (Å²) in [6.07, 6.45) is -3.95. The number of amides is 1. The third-order valence-electron chi connectivity index (χ3n) is 6.93. The number of nitrogens with zero attached hydrogens (tertiary/aromatic N) is 2. The van der Waals surface area contributed by atoms with Gasteiger partial charge in [-0.15, -0.1) is 11.3 Å². The third-order valence-corrected chi connectivity index (χ3v) is 7.86. The Morgan fingerprint density at radius 3 is 2.17 bits per heavy atom. The largest absolute Gasteiger partial charge is 0.490 e. The number of likely N-dealkylation sites (tertiary alicyclic amines) is 1. The smallest absolute Gasteiger partial charge is 0.475 e. The van der Waals surface area contributed by atoms with Crippen LogP contribution in [0.1, 0.15) is 48.0 Å². The van der Waals surface area contributed by atoms with Crippen LogP contribution in [-0.2, 0) is 16.8 Å². The predicted molar refractivity (Wildman–Crippen MR) is 159 cm³/mol. The lowest BCUT2D eigenvalue weighted by molar-refractivity contribution is -0.192. The highest BCUT2D eigenvalue weighted by molar-refractivity contribution is 7.12. The molecule has 1 fully saturated rings. The zero-order chi connectivity index (χ0) is 30.4. The quantitative estimate of drug-likeness (QED) is 0.322. The van der Waals surface area contributed by atoms with E-state index in [0.29, 0.717) is 5.92 Å². The fourth-order valence-corrected chi connectivity index (χ4v) is 5.31. The number of rotatable bonds is 7. The Bertz CT molecular complexity index is 1300. The van der Waals surface area contributed by atoms with Gasteiger partial charge >= 0.3 is 12.1 Å². The standard InChI is InChI=1S/C29H37N3OS.C2HF3O2/c1-29(2,3)25-10-6-21(7-11-25)18-32-15-14-22(19-32)17-30-28(33)27-16-24(20-34-27)23-8-12-26(13-9-23)31(4)5;3-2(4,5)1(6)7/h6-13,16,20,22H,14-15,17-19H2,1-5H3,(H,30,33);(H,6,7). The Morgan fingerprint density at radius 2 is 1.63 bits per heavy atom. The van der Waals surface area contributed by atoms with Crippen molar-refractivity contribution in [3.8, 4) is 11.1 Å².